The van der Waals surface area contributed by atoms with Crippen molar-refractivity contribution in [3.8, 4) is 0 Å². The second-order valence-electron chi connectivity index (χ2n) is 4.94. The van der Waals surface area contributed by atoms with Gasteiger partial charge in [0.1, 0.15) is 0 Å². The van der Waals surface area contributed by atoms with E-state index in [1.165, 1.54) is 25.7 Å². The number of benzene rings is 1. The van der Waals surface area contributed by atoms with E-state index in [2.05, 4.69) is 25.6 Å². The van der Waals surface area contributed by atoms with Crippen LogP contribution in [-0.4, -0.2) is 11.2 Å². The average Bonchev–Trinajstić information content (AvgIpc) is 2.40. The first-order chi connectivity index (χ1) is 8.79. The Labute approximate surface area is 112 Å². The van der Waals surface area contributed by atoms with Gasteiger partial charge in [-0.3, -0.25) is 0 Å². The van der Waals surface area contributed by atoms with Gasteiger partial charge in [0.25, 0.3) is 0 Å². The van der Waals surface area contributed by atoms with E-state index < -0.39 is 0 Å². The van der Waals surface area contributed by atoms with Gasteiger partial charge in [0, 0.05) is 5.92 Å². The van der Waals surface area contributed by atoms with Crippen LogP contribution < -0.4 is 0 Å². The lowest BCUT2D eigenvalue weighted by molar-refractivity contribution is 0.145. The van der Waals surface area contributed by atoms with Gasteiger partial charge in [-0.25, -0.2) is 0 Å². The van der Waals surface area contributed by atoms with Crippen molar-refractivity contribution in [2.75, 3.05) is 0 Å². The number of hydrogen-bond acceptors (Lipinski definition) is 1. The molecule has 0 saturated heterocycles. The highest BCUT2D eigenvalue weighted by Gasteiger charge is 2.16. The Morgan fingerprint density at radius 1 is 1.11 bits per heavy atom. The molecule has 0 saturated carbocycles. The van der Waals surface area contributed by atoms with Gasteiger partial charge in [0.05, 0.1) is 6.10 Å². The monoisotopic (exact) mass is 246 g/mol. The van der Waals surface area contributed by atoms with Gasteiger partial charge < -0.3 is 5.11 Å². The van der Waals surface area contributed by atoms with Crippen LogP contribution in [0, 0.1) is 0 Å². The van der Waals surface area contributed by atoms with E-state index in [1.807, 2.05) is 24.3 Å². The second kappa shape index (κ2) is 8.93. The summed E-state index contributed by atoms with van der Waals surface area (Å²) in [5.41, 5.74) is 1.16. The molecule has 1 N–H and O–H groups in total. The maximum atomic E-state index is 10.2. The van der Waals surface area contributed by atoms with Crippen molar-refractivity contribution in [1.29, 1.82) is 0 Å². The molecule has 0 heterocycles. The quantitative estimate of drug-likeness (QED) is 0.495. The first-order valence-electron chi connectivity index (χ1n) is 7.15. The SMILES string of the molecule is C=CC(c1ccccc1)C(O)CCCCCCC. The van der Waals surface area contributed by atoms with E-state index in [4.69, 9.17) is 0 Å². The topological polar surface area (TPSA) is 20.2 Å². The van der Waals surface area contributed by atoms with Crippen molar-refractivity contribution in [2.24, 2.45) is 0 Å². The predicted molar refractivity (Wildman–Crippen MR) is 78.8 cm³/mol. The molecule has 0 aromatic heterocycles. The van der Waals surface area contributed by atoms with Crippen LogP contribution in [-0.2, 0) is 0 Å². The van der Waals surface area contributed by atoms with E-state index in [0.717, 1.165) is 18.4 Å². The predicted octanol–water partition coefficient (Wildman–Crippen LogP) is 4.68. The summed E-state index contributed by atoms with van der Waals surface area (Å²) in [5, 5.41) is 10.2. The van der Waals surface area contributed by atoms with Crippen LogP contribution >= 0.6 is 0 Å². The van der Waals surface area contributed by atoms with Crippen LogP contribution in [0.4, 0.5) is 0 Å². The highest BCUT2D eigenvalue weighted by Crippen LogP contribution is 2.24. The molecule has 2 atom stereocenters. The van der Waals surface area contributed by atoms with Gasteiger partial charge in [-0.15, -0.1) is 6.58 Å². The summed E-state index contributed by atoms with van der Waals surface area (Å²) in [5.74, 6) is 0.0670. The molecule has 0 aliphatic carbocycles. The molecule has 0 aliphatic heterocycles. The number of aliphatic hydroxyl groups is 1. The molecule has 1 nitrogen and oxygen atoms in total. The van der Waals surface area contributed by atoms with Crippen LogP contribution in [0.15, 0.2) is 43.0 Å². The Morgan fingerprint density at radius 2 is 1.78 bits per heavy atom. The van der Waals surface area contributed by atoms with Gasteiger partial charge >= 0.3 is 0 Å². The molecule has 0 spiro atoms. The normalized spacial score (nSPS) is 14.1. The summed E-state index contributed by atoms with van der Waals surface area (Å²) in [6, 6.07) is 10.2. The highest BCUT2D eigenvalue weighted by molar-refractivity contribution is 5.24. The minimum atomic E-state index is -0.300. The zero-order valence-corrected chi connectivity index (χ0v) is 11.5. The minimum absolute atomic E-state index is 0.0670. The minimum Gasteiger partial charge on any atom is -0.392 e. The van der Waals surface area contributed by atoms with E-state index in [-0.39, 0.29) is 12.0 Å². The summed E-state index contributed by atoms with van der Waals surface area (Å²) < 4.78 is 0. The molecule has 0 radical (unpaired) electrons. The molecule has 18 heavy (non-hydrogen) atoms. The smallest absolute Gasteiger partial charge is 0.0643 e. The van der Waals surface area contributed by atoms with E-state index >= 15 is 0 Å². The van der Waals surface area contributed by atoms with Gasteiger partial charge in [-0.05, 0) is 12.0 Å². The molecular weight excluding hydrogens is 220 g/mol. The maximum absolute atomic E-state index is 10.2. The van der Waals surface area contributed by atoms with E-state index in [1.54, 1.807) is 0 Å². The highest BCUT2D eigenvalue weighted by atomic mass is 16.3. The summed E-state index contributed by atoms with van der Waals surface area (Å²) in [6.45, 7) is 6.08. The third kappa shape index (κ3) is 5.05. The molecule has 0 aliphatic rings. The number of unbranched alkanes of at least 4 members (excludes halogenated alkanes) is 4. The number of rotatable bonds is 9. The average molecular weight is 246 g/mol. The summed E-state index contributed by atoms with van der Waals surface area (Å²) >= 11 is 0. The zero-order chi connectivity index (χ0) is 13.2. The Kier molecular flexibility index (Phi) is 7.43. The Morgan fingerprint density at radius 3 is 2.39 bits per heavy atom. The van der Waals surface area contributed by atoms with Crippen molar-refractivity contribution in [3.63, 3.8) is 0 Å². The lowest BCUT2D eigenvalue weighted by Crippen LogP contribution is -2.16. The molecule has 0 amide bonds. The van der Waals surface area contributed by atoms with Gasteiger partial charge in [0.2, 0.25) is 0 Å². The fourth-order valence-electron chi connectivity index (χ4n) is 2.33. The van der Waals surface area contributed by atoms with Gasteiger partial charge in [-0.1, -0.05) is 75.4 Å². The third-order valence-corrected chi connectivity index (χ3v) is 3.46. The molecule has 1 heteroatoms. The van der Waals surface area contributed by atoms with Crippen molar-refractivity contribution in [1.82, 2.24) is 0 Å². The van der Waals surface area contributed by atoms with Crippen LogP contribution in [0.1, 0.15) is 56.9 Å². The van der Waals surface area contributed by atoms with Crippen molar-refractivity contribution >= 4 is 0 Å². The molecule has 2 unspecified atom stereocenters. The van der Waals surface area contributed by atoms with Gasteiger partial charge in [0.15, 0.2) is 0 Å². The lowest BCUT2D eigenvalue weighted by atomic mass is 9.90. The maximum Gasteiger partial charge on any atom is 0.0643 e. The third-order valence-electron chi connectivity index (χ3n) is 3.46. The van der Waals surface area contributed by atoms with E-state index in [9.17, 15) is 5.11 Å². The van der Waals surface area contributed by atoms with Crippen molar-refractivity contribution < 1.29 is 5.11 Å². The fraction of sp³-hybridized carbons (Fsp3) is 0.529. The van der Waals surface area contributed by atoms with Crippen LogP contribution in [0.3, 0.4) is 0 Å². The molecule has 0 bridgehead atoms. The van der Waals surface area contributed by atoms with Crippen molar-refractivity contribution in [2.45, 2.75) is 57.5 Å². The summed E-state index contributed by atoms with van der Waals surface area (Å²) in [7, 11) is 0. The van der Waals surface area contributed by atoms with Gasteiger partial charge in [-0.2, -0.15) is 0 Å². The largest absolute Gasteiger partial charge is 0.392 e. The van der Waals surface area contributed by atoms with E-state index in [0.29, 0.717) is 0 Å². The van der Waals surface area contributed by atoms with Crippen molar-refractivity contribution in [3.05, 3.63) is 48.6 Å². The molecule has 100 valence electrons. The van der Waals surface area contributed by atoms with Crippen LogP contribution in [0.2, 0.25) is 0 Å². The molecule has 1 aromatic rings. The molecule has 1 rings (SSSR count). The second-order valence-corrected chi connectivity index (χ2v) is 4.94. The Balaban J connectivity index is 2.38. The van der Waals surface area contributed by atoms with Crippen LogP contribution in [0.25, 0.3) is 0 Å². The lowest BCUT2D eigenvalue weighted by Gasteiger charge is -2.20. The Hall–Kier alpha value is -1.08. The molecule has 0 fully saturated rings. The number of aliphatic hydroxyl groups excluding tert-OH is 1. The molecular formula is C17H26O. The fourth-order valence-corrected chi connectivity index (χ4v) is 2.33. The first kappa shape index (κ1) is 15.0. The molecule has 1 aromatic carbocycles. The zero-order valence-electron chi connectivity index (χ0n) is 11.5. The number of hydrogen-bond donors (Lipinski definition) is 1. The van der Waals surface area contributed by atoms with Crippen LogP contribution in [0.5, 0.6) is 0 Å². The standard InChI is InChI=1S/C17H26O/c1-3-5-6-7-11-14-17(18)16(4-2)15-12-9-8-10-13-15/h4,8-10,12-13,16-18H,2-3,5-7,11,14H2,1H3. The summed E-state index contributed by atoms with van der Waals surface area (Å²) in [6.07, 6.45) is 8.63. The Bertz CT molecular complexity index is 318. The first-order valence-corrected chi connectivity index (χ1v) is 7.15. The summed E-state index contributed by atoms with van der Waals surface area (Å²) in [4.78, 5) is 0.